The van der Waals surface area contributed by atoms with E-state index in [1.807, 2.05) is 12.1 Å². The van der Waals surface area contributed by atoms with Crippen LogP contribution in [0, 0.1) is 0 Å². The van der Waals surface area contributed by atoms with Crippen molar-refractivity contribution >= 4 is 22.4 Å². The Hall–Kier alpha value is -4.47. The number of fused-ring (bicyclic) bond motifs is 1. The summed E-state index contributed by atoms with van der Waals surface area (Å²) in [7, 11) is 1.74. The summed E-state index contributed by atoms with van der Waals surface area (Å²) in [5.41, 5.74) is 1.40. The first-order valence-corrected chi connectivity index (χ1v) is 10.2. The molecule has 0 fully saturated rings. The number of hydrogen-bond donors (Lipinski definition) is 2. The number of benzene rings is 2. The van der Waals surface area contributed by atoms with Gasteiger partial charge in [-0.3, -0.25) is 9.78 Å². The van der Waals surface area contributed by atoms with Crippen molar-refractivity contribution in [1.29, 1.82) is 0 Å². The second kappa shape index (κ2) is 8.14. The molecule has 0 aliphatic heterocycles. The second-order valence-corrected chi connectivity index (χ2v) is 7.62. The topological polar surface area (TPSA) is 88.5 Å². The molecular formula is C24H17F3N6O. The molecule has 0 saturated carbocycles. The normalized spacial score (nSPS) is 11.6. The van der Waals surface area contributed by atoms with E-state index in [0.29, 0.717) is 33.8 Å². The van der Waals surface area contributed by atoms with Crippen LogP contribution in [0.3, 0.4) is 0 Å². The molecule has 2 aromatic carbocycles. The van der Waals surface area contributed by atoms with Crippen molar-refractivity contribution in [2.24, 2.45) is 7.05 Å². The molecule has 0 saturated heterocycles. The summed E-state index contributed by atoms with van der Waals surface area (Å²) in [4.78, 5) is 22.5. The zero-order valence-corrected chi connectivity index (χ0v) is 17.8. The predicted molar refractivity (Wildman–Crippen MR) is 123 cm³/mol. The van der Waals surface area contributed by atoms with Gasteiger partial charge in [0.1, 0.15) is 5.69 Å². The highest BCUT2D eigenvalue weighted by molar-refractivity contribution is 5.85. The van der Waals surface area contributed by atoms with Crippen molar-refractivity contribution in [3.8, 4) is 22.5 Å². The highest BCUT2D eigenvalue weighted by atomic mass is 19.4. The number of nitrogens with zero attached hydrogens (tertiary/aromatic N) is 4. The first-order valence-electron chi connectivity index (χ1n) is 10.2. The summed E-state index contributed by atoms with van der Waals surface area (Å²) in [5, 5.41) is 9.00. The Kier molecular flexibility index (Phi) is 5.12. The molecule has 5 aromatic rings. The van der Waals surface area contributed by atoms with Gasteiger partial charge in [0.15, 0.2) is 5.82 Å². The van der Waals surface area contributed by atoms with Crippen LogP contribution in [0.4, 0.5) is 24.8 Å². The third-order valence-corrected chi connectivity index (χ3v) is 5.32. The van der Waals surface area contributed by atoms with Crippen LogP contribution in [0.25, 0.3) is 33.3 Å². The number of pyridine rings is 2. The van der Waals surface area contributed by atoms with E-state index in [1.165, 1.54) is 6.07 Å². The van der Waals surface area contributed by atoms with Gasteiger partial charge in [0, 0.05) is 36.1 Å². The van der Waals surface area contributed by atoms with Gasteiger partial charge in [0.25, 0.3) is 5.56 Å². The van der Waals surface area contributed by atoms with Crippen molar-refractivity contribution in [2.75, 3.05) is 5.32 Å². The van der Waals surface area contributed by atoms with Crippen LogP contribution in [-0.2, 0) is 13.2 Å². The molecule has 3 aromatic heterocycles. The molecule has 3 heterocycles. The zero-order valence-electron chi connectivity index (χ0n) is 17.8. The predicted octanol–water partition coefficient (Wildman–Crippen LogP) is 5.15. The molecular weight excluding hydrogens is 445 g/mol. The molecule has 0 bridgehead atoms. The Morgan fingerprint density at radius 3 is 2.47 bits per heavy atom. The molecule has 5 rings (SSSR count). The van der Waals surface area contributed by atoms with Gasteiger partial charge < -0.3 is 10.3 Å². The first kappa shape index (κ1) is 21.4. The average Bonchev–Trinajstić information content (AvgIpc) is 3.19. The maximum Gasteiger partial charge on any atom is 0.433 e. The molecule has 0 aliphatic carbocycles. The summed E-state index contributed by atoms with van der Waals surface area (Å²) in [5.74, 6) is 0.951. The molecule has 7 nitrogen and oxygen atoms in total. The summed E-state index contributed by atoms with van der Waals surface area (Å²) in [6.45, 7) is 0. The maximum atomic E-state index is 13.0. The number of anilines is 2. The van der Waals surface area contributed by atoms with E-state index in [-0.39, 0.29) is 5.56 Å². The van der Waals surface area contributed by atoms with Crippen LogP contribution < -0.4 is 10.9 Å². The van der Waals surface area contributed by atoms with E-state index in [0.717, 1.165) is 23.3 Å². The Balaban J connectivity index is 1.39. The van der Waals surface area contributed by atoms with E-state index in [9.17, 15) is 18.0 Å². The lowest BCUT2D eigenvalue weighted by Crippen LogP contribution is -2.07. The fraction of sp³-hybridized carbons (Fsp3) is 0.0833. The van der Waals surface area contributed by atoms with Gasteiger partial charge >= 0.3 is 6.18 Å². The number of aromatic nitrogens is 5. The number of halogens is 3. The monoisotopic (exact) mass is 462 g/mol. The molecule has 0 unspecified atom stereocenters. The quantitative estimate of drug-likeness (QED) is 0.386. The second-order valence-electron chi connectivity index (χ2n) is 7.62. The van der Waals surface area contributed by atoms with Crippen LogP contribution in [0.1, 0.15) is 5.69 Å². The average molecular weight is 462 g/mol. The first-order chi connectivity index (χ1) is 16.3. The van der Waals surface area contributed by atoms with Gasteiger partial charge in [-0.1, -0.05) is 24.3 Å². The highest BCUT2D eigenvalue weighted by Crippen LogP contribution is 2.31. The van der Waals surface area contributed by atoms with Gasteiger partial charge in [0.05, 0.1) is 0 Å². The van der Waals surface area contributed by atoms with E-state index in [2.05, 4.69) is 25.4 Å². The molecule has 10 heteroatoms. The van der Waals surface area contributed by atoms with Crippen molar-refractivity contribution in [1.82, 2.24) is 24.7 Å². The van der Waals surface area contributed by atoms with E-state index in [1.54, 1.807) is 54.3 Å². The lowest BCUT2D eigenvalue weighted by Gasteiger charge is -2.08. The van der Waals surface area contributed by atoms with Gasteiger partial charge in [-0.05, 0) is 52.9 Å². The van der Waals surface area contributed by atoms with Crippen molar-refractivity contribution in [3.05, 3.63) is 89.1 Å². The minimum Gasteiger partial charge on any atom is -0.329 e. The summed E-state index contributed by atoms with van der Waals surface area (Å²) in [6, 6.07) is 16.7. The van der Waals surface area contributed by atoms with Crippen molar-refractivity contribution in [2.45, 2.75) is 6.18 Å². The highest BCUT2D eigenvalue weighted by Gasteiger charge is 2.32. The molecule has 0 aliphatic rings. The van der Waals surface area contributed by atoms with E-state index in [4.69, 9.17) is 0 Å². The minimum atomic E-state index is -4.50. The number of aromatic amines is 1. The third kappa shape index (κ3) is 4.13. The Bertz CT molecular complexity index is 1550. The fourth-order valence-electron chi connectivity index (χ4n) is 3.59. The largest absolute Gasteiger partial charge is 0.433 e. The van der Waals surface area contributed by atoms with Crippen LogP contribution in [0.2, 0.25) is 0 Å². The number of rotatable bonds is 4. The van der Waals surface area contributed by atoms with Crippen LogP contribution in [0.15, 0.2) is 77.9 Å². The number of alkyl halides is 3. The summed E-state index contributed by atoms with van der Waals surface area (Å²) >= 11 is 0. The minimum absolute atomic E-state index is 0.158. The maximum absolute atomic E-state index is 13.0. The molecule has 170 valence electrons. The molecule has 34 heavy (non-hydrogen) atoms. The summed E-state index contributed by atoms with van der Waals surface area (Å²) < 4.78 is 40.5. The lowest BCUT2D eigenvalue weighted by molar-refractivity contribution is -0.141. The van der Waals surface area contributed by atoms with E-state index < -0.39 is 11.9 Å². The molecule has 0 spiro atoms. The van der Waals surface area contributed by atoms with Gasteiger partial charge in [-0.2, -0.15) is 18.2 Å². The Labute approximate surface area is 190 Å². The van der Waals surface area contributed by atoms with Crippen molar-refractivity contribution < 1.29 is 13.2 Å². The van der Waals surface area contributed by atoms with Crippen LogP contribution in [0.5, 0.6) is 0 Å². The molecule has 0 radical (unpaired) electrons. The van der Waals surface area contributed by atoms with Crippen LogP contribution in [-0.4, -0.2) is 24.7 Å². The number of hydrogen-bond acceptors (Lipinski definition) is 5. The molecule has 2 N–H and O–H groups in total. The lowest BCUT2D eigenvalue weighted by atomic mass is 10.0. The van der Waals surface area contributed by atoms with Gasteiger partial charge in [0.2, 0.25) is 5.95 Å². The van der Waals surface area contributed by atoms with Crippen molar-refractivity contribution in [3.63, 3.8) is 0 Å². The van der Waals surface area contributed by atoms with E-state index >= 15 is 0 Å². The fourth-order valence-corrected chi connectivity index (χ4v) is 3.59. The van der Waals surface area contributed by atoms with Gasteiger partial charge in [-0.15, -0.1) is 5.10 Å². The molecule has 0 amide bonds. The summed E-state index contributed by atoms with van der Waals surface area (Å²) in [6.07, 6.45) is -1.76. The third-order valence-electron chi connectivity index (χ3n) is 5.32. The number of H-pyrrole nitrogens is 1. The standard InChI is InChI=1S/C24H17F3N6O/c1-33-23(30-18-6-7-19-17(12-18)9-11-29-22(19)34)31-21(32-33)15-4-2-14(3-5-15)16-8-10-28-20(13-16)24(25,26)27/h2-13H,1H3,(H,29,34)(H,30,31,32). The Morgan fingerprint density at radius 1 is 0.941 bits per heavy atom. The SMILES string of the molecule is Cn1nc(-c2ccc(-c3ccnc(C(F)(F)F)c3)cc2)nc1Nc1ccc2c(=O)[nH]ccc2c1. The Morgan fingerprint density at radius 2 is 1.71 bits per heavy atom. The van der Waals surface area contributed by atoms with Crippen LogP contribution >= 0.6 is 0 Å². The zero-order chi connectivity index (χ0) is 23.9. The van der Waals surface area contributed by atoms with Gasteiger partial charge in [-0.25, -0.2) is 4.68 Å². The number of nitrogens with one attached hydrogen (secondary N) is 2. The molecule has 0 atom stereocenters. The number of aryl methyl sites for hydroxylation is 1. The smallest absolute Gasteiger partial charge is 0.329 e.